The van der Waals surface area contributed by atoms with Gasteiger partial charge in [-0.15, -0.1) is 0 Å². The number of carboxylic acid groups (broad SMARTS) is 1. The fraction of sp³-hybridized carbons (Fsp3) is 0.583. The van der Waals surface area contributed by atoms with E-state index in [1.165, 1.54) is 0 Å². The van der Waals surface area contributed by atoms with Crippen molar-refractivity contribution in [1.82, 2.24) is 20.2 Å². The van der Waals surface area contributed by atoms with Gasteiger partial charge in [-0.3, -0.25) is 4.79 Å². The van der Waals surface area contributed by atoms with Crippen LogP contribution in [0.3, 0.4) is 0 Å². The van der Waals surface area contributed by atoms with Crippen LogP contribution < -0.4 is 5.32 Å². The molecule has 0 radical (unpaired) electrons. The Balaban J connectivity index is 1.89. The number of piperidine rings is 1. The minimum absolute atomic E-state index is 0.00811. The number of nitrogens with one attached hydrogen (secondary N) is 2. The van der Waals surface area contributed by atoms with Gasteiger partial charge in [0.1, 0.15) is 5.82 Å². The van der Waals surface area contributed by atoms with Crippen LogP contribution in [0.25, 0.3) is 0 Å². The standard InChI is InChI=1S/C12H18N4O3/c17-11(18)7-9-3-1-2-6-16(9)12(19)15-8-10-13-4-5-14-10/h4-5,9H,1-3,6-8H2,(H,13,14)(H,15,19)(H,17,18). The van der Waals surface area contributed by atoms with Gasteiger partial charge in [0.05, 0.1) is 13.0 Å². The number of urea groups is 1. The average molecular weight is 266 g/mol. The SMILES string of the molecule is O=C(O)CC1CCCCN1C(=O)NCc1ncc[nH]1. The van der Waals surface area contributed by atoms with Crippen molar-refractivity contribution in [1.29, 1.82) is 0 Å². The summed E-state index contributed by atoms with van der Waals surface area (Å²) >= 11 is 0. The average Bonchev–Trinajstić information content (AvgIpc) is 2.89. The van der Waals surface area contributed by atoms with Crippen LogP contribution in [0.1, 0.15) is 31.5 Å². The molecule has 104 valence electrons. The maximum absolute atomic E-state index is 12.1. The number of aliphatic carboxylic acids is 1. The summed E-state index contributed by atoms with van der Waals surface area (Å²) in [6.07, 6.45) is 5.96. The van der Waals surface area contributed by atoms with Crippen LogP contribution >= 0.6 is 0 Å². The molecule has 3 N–H and O–H groups in total. The predicted molar refractivity (Wildman–Crippen MR) is 67.4 cm³/mol. The molecule has 1 aliphatic rings. The number of rotatable bonds is 4. The van der Waals surface area contributed by atoms with E-state index in [-0.39, 0.29) is 18.5 Å². The fourth-order valence-corrected chi connectivity index (χ4v) is 2.34. The molecular weight excluding hydrogens is 248 g/mol. The molecular formula is C12H18N4O3. The first-order valence-electron chi connectivity index (χ1n) is 6.41. The van der Waals surface area contributed by atoms with E-state index < -0.39 is 5.97 Å². The highest BCUT2D eigenvalue weighted by atomic mass is 16.4. The molecule has 1 atom stereocenters. The van der Waals surface area contributed by atoms with Crippen LogP contribution in [-0.4, -0.2) is 44.6 Å². The van der Waals surface area contributed by atoms with E-state index in [1.807, 2.05) is 0 Å². The third kappa shape index (κ3) is 3.70. The molecule has 19 heavy (non-hydrogen) atoms. The number of likely N-dealkylation sites (tertiary alicyclic amines) is 1. The quantitative estimate of drug-likeness (QED) is 0.755. The highest BCUT2D eigenvalue weighted by molar-refractivity contribution is 5.76. The lowest BCUT2D eigenvalue weighted by Crippen LogP contribution is -2.49. The number of amides is 2. The number of imidazole rings is 1. The number of aromatic nitrogens is 2. The lowest BCUT2D eigenvalue weighted by molar-refractivity contribution is -0.138. The van der Waals surface area contributed by atoms with Crippen LogP contribution in [0.5, 0.6) is 0 Å². The summed E-state index contributed by atoms with van der Waals surface area (Å²) < 4.78 is 0. The molecule has 0 aromatic carbocycles. The van der Waals surface area contributed by atoms with Gasteiger partial charge in [0.2, 0.25) is 0 Å². The molecule has 1 saturated heterocycles. The Hall–Kier alpha value is -2.05. The van der Waals surface area contributed by atoms with Crippen molar-refractivity contribution in [3.05, 3.63) is 18.2 Å². The van der Waals surface area contributed by atoms with Crippen LogP contribution in [0.4, 0.5) is 4.79 Å². The van der Waals surface area contributed by atoms with Crippen molar-refractivity contribution in [3.63, 3.8) is 0 Å². The van der Waals surface area contributed by atoms with E-state index in [0.717, 1.165) is 19.3 Å². The number of carbonyl (C=O) groups excluding carboxylic acids is 1. The van der Waals surface area contributed by atoms with E-state index in [9.17, 15) is 9.59 Å². The Kier molecular flexibility index (Phi) is 4.38. The molecule has 0 bridgehead atoms. The highest BCUT2D eigenvalue weighted by Crippen LogP contribution is 2.19. The molecule has 7 heteroatoms. The Labute approximate surface area is 111 Å². The molecule has 2 heterocycles. The van der Waals surface area contributed by atoms with Crippen molar-refractivity contribution in [2.24, 2.45) is 0 Å². The second-order valence-corrected chi connectivity index (χ2v) is 4.64. The minimum Gasteiger partial charge on any atom is -0.481 e. The van der Waals surface area contributed by atoms with E-state index in [0.29, 0.717) is 18.9 Å². The van der Waals surface area contributed by atoms with Gasteiger partial charge in [-0.2, -0.15) is 0 Å². The molecule has 2 rings (SSSR count). The van der Waals surface area contributed by atoms with Gasteiger partial charge in [-0.05, 0) is 19.3 Å². The van der Waals surface area contributed by atoms with Gasteiger partial charge in [0.15, 0.2) is 0 Å². The molecule has 1 fully saturated rings. The van der Waals surface area contributed by atoms with Crippen molar-refractivity contribution in [3.8, 4) is 0 Å². The van der Waals surface area contributed by atoms with Crippen LogP contribution in [-0.2, 0) is 11.3 Å². The maximum atomic E-state index is 12.1. The summed E-state index contributed by atoms with van der Waals surface area (Å²) in [5.41, 5.74) is 0. The first-order valence-corrected chi connectivity index (χ1v) is 6.41. The van der Waals surface area contributed by atoms with Crippen LogP contribution in [0.2, 0.25) is 0 Å². The van der Waals surface area contributed by atoms with Gasteiger partial charge in [0.25, 0.3) is 0 Å². The maximum Gasteiger partial charge on any atom is 0.318 e. The van der Waals surface area contributed by atoms with Gasteiger partial charge < -0.3 is 20.3 Å². The van der Waals surface area contributed by atoms with E-state index in [4.69, 9.17) is 5.11 Å². The number of hydrogen-bond acceptors (Lipinski definition) is 3. The smallest absolute Gasteiger partial charge is 0.318 e. The first kappa shape index (κ1) is 13.4. The number of nitrogens with zero attached hydrogens (tertiary/aromatic N) is 2. The topological polar surface area (TPSA) is 98.3 Å². The van der Waals surface area contributed by atoms with Crippen molar-refractivity contribution >= 4 is 12.0 Å². The highest BCUT2D eigenvalue weighted by Gasteiger charge is 2.28. The summed E-state index contributed by atoms with van der Waals surface area (Å²) in [5.74, 6) is -0.184. The molecule has 0 spiro atoms. The fourth-order valence-electron chi connectivity index (χ4n) is 2.34. The van der Waals surface area contributed by atoms with E-state index >= 15 is 0 Å². The lowest BCUT2D eigenvalue weighted by Gasteiger charge is -2.34. The zero-order valence-corrected chi connectivity index (χ0v) is 10.6. The molecule has 0 saturated carbocycles. The Morgan fingerprint density at radius 2 is 2.37 bits per heavy atom. The summed E-state index contributed by atoms with van der Waals surface area (Å²) in [6, 6.07) is -0.426. The van der Waals surface area contributed by atoms with Gasteiger partial charge in [-0.1, -0.05) is 0 Å². The van der Waals surface area contributed by atoms with E-state index in [1.54, 1.807) is 17.3 Å². The van der Waals surface area contributed by atoms with Gasteiger partial charge in [-0.25, -0.2) is 9.78 Å². The second kappa shape index (κ2) is 6.21. The molecule has 1 aliphatic heterocycles. The molecule has 7 nitrogen and oxygen atoms in total. The van der Waals surface area contributed by atoms with Gasteiger partial charge in [0, 0.05) is 25.0 Å². The van der Waals surface area contributed by atoms with Crippen LogP contribution in [0.15, 0.2) is 12.4 Å². The number of aromatic amines is 1. The largest absolute Gasteiger partial charge is 0.481 e. The Bertz CT molecular complexity index is 432. The van der Waals surface area contributed by atoms with Crippen LogP contribution in [0, 0.1) is 0 Å². The third-order valence-corrected chi connectivity index (χ3v) is 3.26. The second-order valence-electron chi connectivity index (χ2n) is 4.64. The van der Waals surface area contributed by atoms with Crippen molar-refractivity contribution in [2.45, 2.75) is 38.3 Å². The zero-order valence-electron chi connectivity index (χ0n) is 10.6. The predicted octanol–water partition coefficient (Wildman–Crippen LogP) is 0.948. The molecule has 0 aliphatic carbocycles. The number of H-pyrrole nitrogens is 1. The number of carboxylic acids is 1. The van der Waals surface area contributed by atoms with Gasteiger partial charge >= 0.3 is 12.0 Å². The lowest BCUT2D eigenvalue weighted by atomic mass is 10.00. The Morgan fingerprint density at radius 1 is 1.53 bits per heavy atom. The first-order chi connectivity index (χ1) is 9.16. The summed E-state index contributed by atoms with van der Waals surface area (Å²) in [5, 5.41) is 11.6. The normalized spacial score (nSPS) is 19.2. The van der Waals surface area contributed by atoms with Crippen molar-refractivity contribution < 1.29 is 14.7 Å². The molecule has 2 amide bonds. The zero-order chi connectivity index (χ0) is 13.7. The summed E-state index contributed by atoms with van der Waals surface area (Å²) in [4.78, 5) is 31.4. The Morgan fingerprint density at radius 3 is 3.05 bits per heavy atom. The third-order valence-electron chi connectivity index (χ3n) is 3.26. The van der Waals surface area contributed by atoms with E-state index in [2.05, 4.69) is 15.3 Å². The molecule has 1 aromatic rings. The monoisotopic (exact) mass is 266 g/mol. The minimum atomic E-state index is -0.865. The number of carbonyl (C=O) groups is 2. The molecule has 1 unspecified atom stereocenters. The summed E-state index contributed by atoms with van der Waals surface area (Å²) in [7, 11) is 0. The molecule has 1 aromatic heterocycles. The van der Waals surface area contributed by atoms with Crippen molar-refractivity contribution in [2.75, 3.05) is 6.54 Å². The summed E-state index contributed by atoms with van der Waals surface area (Å²) in [6.45, 7) is 0.935. The number of hydrogen-bond donors (Lipinski definition) is 3.